The lowest BCUT2D eigenvalue weighted by molar-refractivity contribution is 0.376. The zero-order valence-corrected chi connectivity index (χ0v) is 14.9. The number of guanidine groups is 1. The fraction of sp³-hybridized carbons (Fsp3) is 0.529. The second-order valence-electron chi connectivity index (χ2n) is 6.47. The van der Waals surface area contributed by atoms with E-state index in [2.05, 4.69) is 51.3 Å². The molecule has 2 aromatic rings. The van der Waals surface area contributed by atoms with Crippen molar-refractivity contribution in [2.24, 2.45) is 4.99 Å². The summed E-state index contributed by atoms with van der Waals surface area (Å²) < 4.78 is 0.290. The number of pyridine rings is 1. The Morgan fingerprint density at radius 1 is 1.52 bits per heavy atom. The molecule has 1 saturated heterocycles. The Labute approximate surface area is 142 Å². The molecule has 1 fully saturated rings. The van der Waals surface area contributed by atoms with Crippen LogP contribution in [0.25, 0.3) is 11.0 Å². The van der Waals surface area contributed by atoms with Crippen molar-refractivity contribution < 1.29 is 0 Å². The Morgan fingerprint density at radius 3 is 3.17 bits per heavy atom. The minimum atomic E-state index is 0.290. The number of nitrogens with one attached hydrogen (secondary N) is 2. The summed E-state index contributed by atoms with van der Waals surface area (Å²) in [6.45, 7) is 7.57. The highest BCUT2D eigenvalue weighted by Gasteiger charge is 2.28. The zero-order valence-electron chi connectivity index (χ0n) is 14.1. The molecule has 3 rings (SSSR count). The minimum absolute atomic E-state index is 0.290. The highest BCUT2D eigenvalue weighted by Crippen LogP contribution is 2.29. The molecule has 2 aromatic heterocycles. The third kappa shape index (κ3) is 3.80. The lowest BCUT2D eigenvalue weighted by atomic mass is 10.1. The summed E-state index contributed by atoms with van der Waals surface area (Å²) in [6.07, 6.45) is 4.83. The maximum atomic E-state index is 4.46. The molecule has 0 amide bonds. The predicted octanol–water partition coefficient (Wildman–Crippen LogP) is 2.51. The molecule has 5 nitrogen and oxygen atoms in total. The highest BCUT2D eigenvalue weighted by molar-refractivity contribution is 8.00. The summed E-state index contributed by atoms with van der Waals surface area (Å²) in [7, 11) is 1.87. The molecule has 0 aromatic carbocycles. The number of H-pyrrole nitrogens is 1. The van der Waals surface area contributed by atoms with Crippen molar-refractivity contribution in [3.63, 3.8) is 0 Å². The van der Waals surface area contributed by atoms with Gasteiger partial charge in [0.1, 0.15) is 5.65 Å². The minimum Gasteiger partial charge on any atom is -0.356 e. The van der Waals surface area contributed by atoms with Crippen molar-refractivity contribution in [3.8, 4) is 0 Å². The Hall–Kier alpha value is -1.69. The standard InChI is InChI=1S/C17H25N5S/c1-17(2)12-22(9-10-23-17)16(18-3)20-8-6-13-11-21-15-14(13)5-4-7-19-15/h4-5,7,11H,6,8-10,12H2,1-3H3,(H,18,20)(H,19,21). The first-order chi connectivity index (χ1) is 11.1. The number of rotatable bonds is 3. The molecule has 0 unspecified atom stereocenters. The molecule has 0 saturated carbocycles. The fourth-order valence-electron chi connectivity index (χ4n) is 3.06. The van der Waals surface area contributed by atoms with Gasteiger partial charge in [0.05, 0.1) is 0 Å². The van der Waals surface area contributed by atoms with E-state index in [1.54, 1.807) is 0 Å². The summed E-state index contributed by atoms with van der Waals surface area (Å²) in [5, 5.41) is 4.72. The van der Waals surface area contributed by atoms with Crippen LogP contribution >= 0.6 is 11.8 Å². The summed E-state index contributed by atoms with van der Waals surface area (Å²) in [5.74, 6) is 2.17. The Balaban J connectivity index is 1.58. The van der Waals surface area contributed by atoms with Gasteiger partial charge < -0.3 is 15.2 Å². The van der Waals surface area contributed by atoms with E-state index in [0.29, 0.717) is 4.75 Å². The van der Waals surface area contributed by atoms with Crippen LogP contribution in [0.2, 0.25) is 0 Å². The van der Waals surface area contributed by atoms with E-state index < -0.39 is 0 Å². The van der Waals surface area contributed by atoms with Crippen LogP contribution in [-0.2, 0) is 6.42 Å². The van der Waals surface area contributed by atoms with Gasteiger partial charge in [-0.3, -0.25) is 4.99 Å². The van der Waals surface area contributed by atoms with E-state index in [1.165, 1.54) is 10.9 Å². The van der Waals surface area contributed by atoms with Gasteiger partial charge in [-0.05, 0) is 38.0 Å². The molecule has 3 heterocycles. The summed E-state index contributed by atoms with van der Waals surface area (Å²) in [6, 6.07) is 4.10. The van der Waals surface area contributed by atoms with Crippen LogP contribution < -0.4 is 5.32 Å². The van der Waals surface area contributed by atoms with Crippen molar-refractivity contribution in [1.82, 2.24) is 20.2 Å². The van der Waals surface area contributed by atoms with E-state index in [0.717, 1.165) is 43.4 Å². The number of fused-ring (bicyclic) bond motifs is 1. The van der Waals surface area contributed by atoms with Gasteiger partial charge in [0.15, 0.2) is 5.96 Å². The number of aliphatic imine (C=N–C) groups is 1. The van der Waals surface area contributed by atoms with Crippen molar-refractivity contribution in [2.75, 3.05) is 32.4 Å². The lowest BCUT2D eigenvalue weighted by Gasteiger charge is -2.39. The van der Waals surface area contributed by atoms with E-state index in [4.69, 9.17) is 0 Å². The summed E-state index contributed by atoms with van der Waals surface area (Å²) >= 11 is 2.04. The second kappa shape index (κ2) is 6.83. The Morgan fingerprint density at radius 2 is 2.39 bits per heavy atom. The Bertz CT molecular complexity index is 691. The van der Waals surface area contributed by atoms with Crippen LogP contribution in [0.1, 0.15) is 19.4 Å². The van der Waals surface area contributed by atoms with Crippen molar-refractivity contribution in [1.29, 1.82) is 0 Å². The van der Waals surface area contributed by atoms with E-state index in [1.807, 2.05) is 31.1 Å². The molecule has 0 radical (unpaired) electrons. The van der Waals surface area contributed by atoms with Gasteiger partial charge in [-0.1, -0.05) is 0 Å². The first-order valence-corrected chi connectivity index (χ1v) is 9.08. The van der Waals surface area contributed by atoms with E-state index in [-0.39, 0.29) is 0 Å². The number of nitrogens with zero attached hydrogens (tertiary/aromatic N) is 3. The van der Waals surface area contributed by atoms with E-state index in [9.17, 15) is 0 Å². The number of hydrogen-bond acceptors (Lipinski definition) is 3. The van der Waals surface area contributed by atoms with Crippen LogP contribution in [0.4, 0.5) is 0 Å². The molecule has 0 aliphatic carbocycles. The molecular formula is C17H25N5S. The van der Waals surface area contributed by atoms with Crippen LogP contribution in [0.15, 0.2) is 29.5 Å². The molecule has 2 N–H and O–H groups in total. The summed E-state index contributed by atoms with van der Waals surface area (Å²) in [5.41, 5.74) is 2.26. The SMILES string of the molecule is CN=C(NCCc1c[nH]c2ncccc12)N1CCSC(C)(C)C1. The first kappa shape index (κ1) is 16.2. The number of hydrogen-bond donors (Lipinski definition) is 2. The van der Waals surface area contributed by atoms with Crippen molar-refractivity contribution in [3.05, 3.63) is 30.1 Å². The molecule has 0 spiro atoms. The van der Waals surface area contributed by atoms with Gasteiger partial charge in [0.2, 0.25) is 0 Å². The quantitative estimate of drug-likeness (QED) is 0.670. The molecular weight excluding hydrogens is 306 g/mol. The largest absolute Gasteiger partial charge is 0.356 e. The predicted molar refractivity (Wildman–Crippen MR) is 99.3 cm³/mol. The number of thioether (sulfide) groups is 1. The molecule has 0 bridgehead atoms. The van der Waals surface area contributed by atoms with Crippen LogP contribution in [0, 0.1) is 0 Å². The maximum Gasteiger partial charge on any atom is 0.193 e. The normalized spacial score (nSPS) is 18.4. The first-order valence-electron chi connectivity index (χ1n) is 8.09. The van der Waals surface area contributed by atoms with Gasteiger partial charge in [-0.25, -0.2) is 4.98 Å². The maximum absolute atomic E-state index is 4.46. The van der Waals surface area contributed by atoms with E-state index >= 15 is 0 Å². The van der Waals surface area contributed by atoms with Crippen LogP contribution in [-0.4, -0.2) is 58.0 Å². The average Bonchev–Trinajstić information content (AvgIpc) is 2.94. The molecule has 1 aliphatic heterocycles. The average molecular weight is 331 g/mol. The molecule has 0 atom stereocenters. The van der Waals surface area contributed by atoms with Gasteiger partial charge in [-0.15, -0.1) is 0 Å². The van der Waals surface area contributed by atoms with Gasteiger partial charge in [0, 0.05) is 55.0 Å². The third-order valence-electron chi connectivity index (χ3n) is 4.15. The smallest absolute Gasteiger partial charge is 0.193 e. The monoisotopic (exact) mass is 331 g/mol. The number of aromatic amines is 1. The molecule has 124 valence electrons. The summed E-state index contributed by atoms with van der Waals surface area (Å²) in [4.78, 5) is 14.4. The van der Waals surface area contributed by atoms with Gasteiger partial charge in [0.25, 0.3) is 0 Å². The molecule has 23 heavy (non-hydrogen) atoms. The third-order valence-corrected chi connectivity index (χ3v) is 5.45. The van der Waals surface area contributed by atoms with Gasteiger partial charge in [-0.2, -0.15) is 11.8 Å². The highest BCUT2D eigenvalue weighted by atomic mass is 32.2. The fourth-order valence-corrected chi connectivity index (χ4v) is 4.17. The number of aromatic nitrogens is 2. The van der Waals surface area contributed by atoms with Crippen LogP contribution in [0.3, 0.4) is 0 Å². The zero-order chi connectivity index (χ0) is 16.3. The topological polar surface area (TPSA) is 56.3 Å². The lowest BCUT2D eigenvalue weighted by Crippen LogP contribution is -2.51. The Kier molecular flexibility index (Phi) is 4.80. The second-order valence-corrected chi connectivity index (χ2v) is 8.27. The molecule has 1 aliphatic rings. The van der Waals surface area contributed by atoms with Gasteiger partial charge >= 0.3 is 0 Å². The van der Waals surface area contributed by atoms with Crippen LogP contribution in [0.5, 0.6) is 0 Å². The van der Waals surface area contributed by atoms with Crippen molar-refractivity contribution >= 4 is 28.8 Å². The van der Waals surface area contributed by atoms with Crippen molar-refractivity contribution in [2.45, 2.75) is 25.0 Å². The molecule has 6 heteroatoms.